The van der Waals surface area contributed by atoms with Gasteiger partial charge in [0.1, 0.15) is 0 Å². The van der Waals surface area contributed by atoms with Gasteiger partial charge in [-0.3, -0.25) is 4.79 Å². The zero-order valence-corrected chi connectivity index (χ0v) is 11.5. The van der Waals surface area contributed by atoms with Crippen LogP contribution in [0, 0.1) is 5.92 Å². The molecule has 0 aromatic carbocycles. The maximum absolute atomic E-state index is 12.0. The Hall–Kier alpha value is -0.870. The maximum atomic E-state index is 12.0. The number of nitrogens with zero attached hydrogens (tertiary/aromatic N) is 2. The average Bonchev–Trinajstić information content (AvgIpc) is 2.71. The van der Waals surface area contributed by atoms with Crippen LogP contribution in [0.5, 0.6) is 0 Å². The first-order valence-electron chi connectivity index (χ1n) is 6.73. The van der Waals surface area contributed by atoms with Crippen molar-refractivity contribution in [1.82, 2.24) is 9.80 Å². The second kappa shape index (κ2) is 5.41. The summed E-state index contributed by atoms with van der Waals surface area (Å²) < 4.78 is 5.46. The summed E-state index contributed by atoms with van der Waals surface area (Å²) in [5.41, 5.74) is 0.0873. The number of hydrogen-bond donors (Lipinski definition) is 0. The molecule has 0 spiro atoms. The molecule has 102 valence electrons. The van der Waals surface area contributed by atoms with Crippen molar-refractivity contribution in [3.8, 4) is 0 Å². The first kappa shape index (κ1) is 13.6. The molecule has 2 saturated heterocycles. The molecule has 4 heteroatoms. The van der Waals surface area contributed by atoms with Crippen molar-refractivity contribution in [3.05, 3.63) is 12.7 Å². The summed E-state index contributed by atoms with van der Waals surface area (Å²) in [6.07, 6.45) is 4.54. The summed E-state index contributed by atoms with van der Waals surface area (Å²) in [7, 11) is 4.22. The molecular formula is C14H24N2O2. The molecule has 2 fully saturated rings. The molecule has 0 bridgehead atoms. The van der Waals surface area contributed by atoms with Crippen LogP contribution in [-0.2, 0) is 9.53 Å². The fourth-order valence-electron chi connectivity index (χ4n) is 2.97. The molecular weight excluding hydrogens is 228 g/mol. The van der Waals surface area contributed by atoms with E-state index in [0.29, 0.717) is 12.3 Å². The molecule has 2 aliphatic rings. The summed E-state index contributed by atoms with van der Waals surface area (Å²) in [5.74, 6) is 0.601. The van der Waals surface area contributed by atoms with Crippen molar-refractivity contribution in [2.75, 3.05) is 40.4 Å². The number of likely N-dealkylation sites (tertiary alicyclic amines) is 1. The third-order valence-corrected chi connectivity index (χ3v) is 4.44. The van der Waals surface area contributed by atoms with Crippen LogP contribution in [-0.4, -0.2) is 61.6 Å². The van der Waals surface area contributed by atoms with Crippen molar-refractivity contribution in [3.63, 3.8) is 0 Å². The van der Waals surface area contributed by atoms with E-state index in [2.05, 4.69) is 25.6 Å². The van der Waals surface area contributed by atoms with Gasteiger partial charge >= 0.3 is 0 Å². The first-order chi connectivity index (χ1) is 8.57. The smallest absolute Gasteiger partial charge is 0.223 e. The quantitative estimate of drug-likeness (QED) is 0.703. The lowest BCUT2D eigenvalue weighted by atomic mass is 9.88. The van der Waals surface area contributed by atoms with Crippen LogP contribution in [0.1, 0.15) is 19.3 Å². The van der Waals surface area contributed by atoms with E-state index in [1.165, 1.54) is 0 Å². The Morgan fingerprint density at radius 3 is 2.67 bits per heavy atom. The molecule has 4 nitrogen and oxygen atoms in total. The standard InChI is InChI=1S/C14H24N2O2/c1-4-12-9-13(17)16(10-12)11-14(15(2)3)5-7-18-8-6-14/h4,12H,1,5-11H2,2-3H3. The van der Waals surface area contributed by atoms with Crippen LogP contribution in [0.2, 0.25) is 0 Å². The van der Waals surface area contributed by atoms with Crippen LogP contribution in [0.25, 0.3) is 0 Å². The van der Waals surface area contributed by atoms with E-state index >= 15 is 0 Å². The number of hydrogen-bond acceptors (Lipinski definition) is 3. The molecule has 0 aromatic heterocycles. The molecule has 0 aliphatic carbocycles. The maximum Gasteiger partial charge on any atom is 0.223 e. The predicted molar refractivity (Wildman–Crippen MR) is 71.4 cm³/mol. The normalized spacial score (nSPS) is 27.8. The summed E-state index contributed by atoms with van der Waals surface area (Å²) in [6.45, 7) is 7.05. The van der Waals surface area contributed by atoms with Gasteiger partial charge in [-0.1, -0.05) is 6.08 Å². The zero-order valence-electron chi connectivity index (χ0n) is 11.5. The highest BCUT2D eigenvalue weighted by atomic mass is 16.5. The molecule has 0 saturated carbocycles. The largest absolute Gasteiger partial charge is 0.381 e. The minimum absolute atomic E-state index is 0.0873. The second-order valence-electron chi connectivity index (χ2n) is 5.71. The van der Waals surface area contributed by atoms with Gasteiger partial charge in [0, 0.05) is 44.2 Å². The van der Waals surface area contributed by atoms with E-state index < -0.39 is 0 Å². The highest BCUT2D eigenvalue weighted by molar-refractivity contribution is 5.79. The SMILES string of the molecule is C=CC1CC(=O)N(CC2(N(C)C)CCOCC2)C1. The fourth-order valence-corrected chi connectivity index (χ4v) is 2.97. The molecule has 1 atom stereocenters. The predicted octanol–water partition coefficient (Wildman–Crippen LogP) is 1.13. The topological polar surface area (TPSA) is 32.8 Å². The van der Waals surface area contributed by atoms with Gasteiger partial charge in [-0.05, 0) is 26.9 Å². The highest BCUT2D eigenvalue weighted by Gasteiger charge is 2.40. The second-order valence-corrected chi connectivity index (χ2v) is 5.71. The van der Waals surface area contributed by atoms with Crippen LogP contribution in [0.4, 0.5) is 0 Å². The van der Waals surface area contributed by atoms with Crippen molar-refractivity contribution in [1.29, 1.82) is 0 Å². The first-order valence-corrected chi connectivity index (χ1v) is 6.73. The molecule has 2 rings (SSSR count). The van der Waals surface area contributed by atoms with Gasteiger partial charge in [0.05, 0.1) is 0 Å². The summed E-state index contributed by atoms with van der Waals surface area (Å²) in [5, 5.41) is 0. The number of amides is 1. The lowest BCUT2D eigenvalue weighted by Crippen LogP contribution is -2.56. The Morgan fingerprint density at radius 2 is 2.17 bits per heavy atom. The summed E-state index contributed by atoms with van der Waals surface area (Å²) >= 11 is 0. The summed E-state index contributed by atoms with van der Waals surface area (Å²) in [6, 6.07) is 0. The monoisotopic (exact) mass is 252 g/mol. The molecule has 0 N–H and O–H groups in total. The number of carbonyl (C=O) groups is 1. The van der Waals surface area contributed by atoms with E-state index in [1.54, 1.807) is 0 Å². The van der Waals surface area contributed by atoms with Crippen LogP contribution in [0.3, 0.4) is 0 Å². The number of likely N-dealkylation sites (N-methyl/N-ethyl adjacent to an activating group) is 1. The van der Waals surface area contributed by atoms with Gasteiger partial charge in [0.25, 0.3) is 0 Å². The van der Waals surface area contributed by atoms with E-state index in [9.17, 15) is 4.79 Å². The summed E-state index contributed by atoms with van der Waals surface area (Å²) in [4.78, 5) is 16.3. The van der Waals surface area contributed by atoms with Gasteiger partial charge < -0.3 is 14.5 Å². The lowest BCUT2D eigenvalue weighted by Gasteiger charge is -2.45. The van der Waals surface area contributed by atoms with Crippen molar-refractivity contribution in [2.24, 2.45) is 5.92 Å². The van der Waals surface area contributed by atoms with Gasteiger partial charge in [-0.25, -0.2) is 0 Å². The van der Waals surface area contributed by atoms with Crippen molar-refractivity contribution >= 4 is 5.91 Å². The molecule has 1 unspecified atom stereocenters. The zero-order chi connectivity index (χ0) is 13.2. The van der Waals surface area contributed by atoms with Crippen molar-refractivity contribution in [2.45, 2.75) is 24.8 Å². The Labute approximate surface area is 110 Å². The van der Waals surface area contributed by atoms with Gasteiger partial charge in [-0.2, -0.15) is 0 Å². The van der Waals surface area contributed by atoms with Gasteiger partial charge in [0.15, 0.2) is 0 Å². The number of rotatable bonds is 4. The van der Waals surface area contributed by atoms with E-state index in [4.69, 9.17) is 4.74 Å². The molecule has 0 aromatic rings. The van der Waals surface area contributed by atoms with Crippen LogP contribution in [0.15, 0.2) is 12.7 Å². The molecule has 18 heavy (non-hydrogen) atoms. The van der Waals surface area contributed by atoms with Gasteiger partial charge in [-0.15, -0.1) is 6.58 Å². The third kappa shape index (κ3) is 2.59. The minimum atomic E-state index is 0.0873. The lowest BCUT2D eigenvalue weighted by molar-refractivity contribution is -0.130. The van der Waals surface area contributed by atoms with Gasteiger partial charge in [0.2, 0.25) is 5.91 Å². The molecule has 2 heterocycles. The highest BCUT2D eigenvalue weighted by Crippen LogP contribution is 2.30. The molecule has 2 aliphatic heterocycles. The minimum Gasteiger partial charge on any atom is -0.381 e. The number of carbonyl (C=O) groups excluding carboxylic acids is 1. The van der Waals surface area contributed by atoms with E-state index in [-0.39, 0.29) is 11.4 Å². The Bertz CT molecular complexity index is 322. The molecule has 0 radical (unpaired) electrons. The van der Waals surface area contributed by atoms with Crippen LogP contribution < -0.4 is 0 Å². The van der Waals surface area contributed by atoms with Crippen LogP contribution >= 0.6 is 0 Å². The Kier molecular flexibility index (Phi) is 4.07. The van der Waals surface area contributed by atoms with Crippen molar-refractivity contribution < 1.29 is 9.53 Å². The molecule has 1 amide bonds. The fraction of sp³-hybridized carbons (Fsp3) is 0.786. The van der Waals surface area contributed by atoms with E-state index in [1.807, 2.05) is 11.0 Å². The number of ether oxygens (including phenoxy) is 1. The average molecular weight is 252 g/mol. The van der Waals surface area contributed by atoms with E-state index in [0.717, 1.165) is 39.1 Å². The third-order valence-electron chi connectivity index (χ3n) is 4.44. The Morgan fingerprint density at radius 1 is 1.50 bits per heavy atom. The Balaban J connectivity index is 2.05.